The summed E-state index contributed by atoms with van der Waals surface area (Å²) in [7, 11) is 3.35. The van der Waals surface area contributed by atoms with Crippen LogP contribution in [0.25, 0.3) is 0 Å². The van der Waals surface area contributed by atoms with Crippen LogP contribution in [0, 0.1) is 0 Å². The second-order valence-electron chi connectivity index (χ2n) is 7.04. The van der Waals surface area contributed by atoms with Gasteiger partial charge in [-0.1, -0.05) is 34.6 Å². The molecule has 0 radical (unpaired) electrons. The number of unbranched alkanes of at least 4 members (excludes halogenated alkanes) is 1. The minimum absolute atomic E-state index is 0.0306. The fraction of sp³-hybridized carbons (Fsp3) is 0.700. The minimum Gasteiger partial charge on any atom is -0.493 e. The highest BCUT2D eigenvalue weighted by atomic mass is 16.5. The molecule has 4 nitrogen and oxygen atoms in total. The lowest BCUT2D eigenvalue weighted by Crippen LogP contribution is -2.24. The Bertz CT molecular complexity index is 465. The Morgan fingerprint density at radius 3 is 1.88 bits per heavy atom. The molecule has 0 saturated carbocycles. The first-order valence-electron chi connectivity index (χ1n) is 8.99. The van der Waals surface area contributed by atoms with Crippen LogP contribution in [0.1, 0.15) is 53.0 Å². The van der Waals surface area contributed by atoms with Crippen molar-refractivity contribution >= 4 is 0 Å². The van der Waals surface area contributed by atoms with Crippen LogP contribution >= 0.6 is 0 Å². The van der Waals surface area contributed by atoms with Gasteiger partial charge >= 0.3 is 0 Å². The molecule has 0 amide bonds. The van der Waals surface area contributed by atoms with Crippen molar-refractivity contribution < 1.29 is 14.2 Å². The Hall–Kier alpha value is -1.42. The summed E-state index contributed by atoms with van der Waals surface area (Å²) in [6.45, 7) is 14.9. The molecule has 0 heterocycles. The van der Waals surface area contributed by atoms with E-state index in [9.17, 15) is 0 Å². The molecule has 0 aromatic heterocycles. The lowest BCUT2D eigenvalue weighted by atomic mass is 9.86. The van der Waals surface area contributed by atoms with E-state index in [0.717, 1.165) is 44.0 Å². The van der Waals surface area contributed by atoms with Crippen molar-refractivity contribution in [3.8, 4) is 17.2 Å². The highest BCUT2D eigenvalue weighted by molar-refractivity contribution is 5.55. The van der Waals surface area contributed by atoms with E-state index in [2.05, 4.69) is 39.5 Å². The lowest BCUT2D eigenvalue weighted by Gasteiger charge is -2.23. The van der Waals surface area contributed by atoms with E-state index in [-0.39, 0.29) is 5.41 Å². The van der Waals surface area contributed by atoms with Crippen LogP contribution < -0.4 is 14.2 Å². The average molecular weight is 338 g/mol. The molecule has 24 heavy (non-hydrogen) atoms. The van der Waals surface area contributed by atoms with E-state index in [4.69, 9.17) is 14.2 Å². The molecule has 1 aromatic carbocycles. The van der Waals surface area contributed by atoms with Crippen molar-refractivity contribution in [2.75, 3.05) is 40.5 Å². The van der Waals surface area contributed by atoms with E-state index in [1.54, 1.807) is 14.2 Å². The summed E-state index contributed by atoms with van der Waals surface area (Å²) >= 11 is 0. The van der Waals surface area contributed by atoms with Crippen molar-refractivity contribution in [1.82, 2.24) is 4.90 Å². The third-order valence-electron chi connectivity index (χ3n) is 4.34. The van der Waals surface area contributed by atoms with Crippen LogP contribution in [0.4, 0.5) is 0 Å². The van der Waals surface area contributed by atoms with Crippen molar-refractivity contribution in [3.05, 3.63) is 17.7 Å². The maximum absolute atomic E-state index is 6.00. The van der Waals surface area contributed by atoms with Crippen LogP contribution in [0.15, 0.2) is 12.1 Å². The molecule has 0 fully saturated rings. The first-order chi connectivity index (χ1) is 11.4. The second kappa shape index (κ2) is 9.77. The number of nitrogens with zero attached hydrogens (tertiary/aromatic N) is 1. The third kappa shape index (κ3) is 5.90. The van der Waals surface area contributed by atoms with Crippen LogP contribution in [-0.2, 0) is 5.41 Å². The zero-order chi connectivity index (χ0) is 18.2. The second-order valence-corrected chi connectivity index (χ2v) is 7.04. The van der Waals surface area contributed by atoms with Gasteiger partial charge in [-0.25, -0.2) is 0 Å². The Balaban J connectivity index is 2.73. The predicted octanol–water partition coefficient (Wildman–Crippen LogP) is 4.50. The van der Waals surface area contributed by atoms with Gasteiger partial charge in [-0.2, -0.15) is 0 Å². The van der Waals surface area contributed by atoms with E-state index in [1.807, 2.05) is 12.1 Å². The van der Waals surface area contributed by atoms with Gasteiger partial charge in [0.15, 0.2) is 11.5 Å². The minimum atomic E-state index is 0.0306. The number of rotatable bonds is 10. The van der Waals surface area contributed by atoms with Gasteiger partial charge in [0, 0.05) is 0 Å². The van der Waals surface area contributed by atoms with Crippen LogP contribution in [0.5, 0.6) is 17.2 Å². The number of hydrogen-bond donors (Lipinski definition) is 0. The van der Waals surface area contributed by atoms with E-state index in [1.165, 1.54) is 5.56 Å². The quantitative estimate of drug-likeness (QED) is 0.588. The summed E-state index contributed by atoms with van der Waals surface area (Å²) in [5.41, 5.74) is 1.20. The molecule has 0 aliphatic rings. The Morgan fingerprint density at radius 2 is 1.46 bits per heavy atom. The Morgan fingerprint density at radius 1 is 0.917 bits per heavy atom. The molecule has 0 atom stereocenters. The van der Waals surface area contributed by atoms with Gasteiger partial charge in [-0.15, -0.1) is 0 Å². The van der Waals surface area contributed by atoms with Crippen LogP contribution in [0.2, 0.25) is 0 Å². The third-order valence-corrected chi connectivity index (χ3v) is 4.34. The summed E-state index contributed by atoms with van der Waals surface area (Å²) in [4.78, 5) is 2.43. The number of methoxy groups -OCH3 is 2. The molecule has 138 valence electrons. The topological polar surface area (TPSA) is 30.9 Å². The van der Waals surface area contributed by atoms with Crippen molar-refractivity contribution in [1.29, 1.82) is 0 Å². The zero-order valence-corrected chi connectivity index (χ0v) is 16.6. The van der Waals surface area contributed by atoms with Crippen molar-refractivity contribution in [2.24, 2.45) is 0 Å². The molecule has 1 rings (SSSR count). The summed E-state index contributed by atoms with van der Waals surface area (Å²) in [6.07, 6.45) is 2.15. The largest absolute Gasteiger partial charge is 0.493 e. The maximum Gasteiger partial charge on any atom is 0.203 e. The van der Waals surface area contributed by atoms with E-state index in [0.29, 0.717) is 12.4 Å². The van der Waals surface area contributed by atoms with Gasteiger partial charge in [0.2, 0.25) is 5.75 Å². The monoisotopic (exact) mass is 337 g/mol. The molecule has 0 N–H and O–H groups in total. The number of ether oxygens (including phenoxy) is 3. The van der Waals surface area contributed by atoms with Gasteiger partial charge in [0.1, 0.15) is 0 Å². The maximum atomic E-state index is 6.00. The number of benzene rings is 1. The van der Waals surface area contributed by atoms with Gasteiger partial charge in [0.05, 0.1) is 20.8 Å². The molecular weight excluding hydrogens is 302 g/mol. The lowest BCUT2D eigenvalue weighted by molar-refractivity contribution is 0.249. The van der Waals surface area contributed by atoms with E-state index >= 15 is 0 Å². The summed E-state index contributed by atoms with van der Waals surface area (Å²) < 4.78 is 17.1. The average Bonchev–Trinajstić information content (AvgIpc) is 2.56. The standard InChI is InChI=1S/C20H35NO3/c1-8-21(9-2)12-10-11-13-24-19-17(22-6)14-16(20(3,4)5)15-18(19)23-7/h14-15H,8-13H2,1-7H3. The highest BCUT2D eigenvalue weighted by Gasteiger charge is 2.21. The summed E-state index contributed by atoms with van der Waals surface area (Å²) in [5.74, 6) is 2.18. The summed E-state index contributed by atoms with van der Waals surface area (Å²) in [5, 5.41) is 0. The number of hydrogen-bond acceptors (Lipinski definition) is 4. The molecule has 0 aliphatic carbocycles. The molecule has 0 spiro atoms. The Kier molecular flexibility index (Phi) is 8.40. The first-order valence-corrected chi connectivity index (χ1v) is 8.99. The molecule has 0 aliphatic heterocycles. The van der Waals surface area contributed by atoms with Crippen LogP contribution in [-0.4, -0.2) is 45.4 Å². The molecule has 0 saturated heterocycles. The SMILES string of the molecule is CCN(CC)CCCCOc1c(OC)cc(C(C)(C)C)cc1OC. The predicted molar refractivity (Wildman–Crippen MR) is 101 cm³/mol. The molecule has 0 unspecified atom stereocenters. The van der Waals surface area contributed by atoms with Crippen molar-refractivity contribution in [2.45, 2.75) is 52.9 Å². The van der Waals surface area contributed by atoms with Crippen molar-refractivity contribution in [3.63, 3.8) is 0 Å². The normalized spacial score (nSPS) is 11.7. The zero-order valence-electron chi connectivity index (χ0n) is 16.6. The first kappa shape index (κ1) is 20.6. The van der Waals surface area contributed by atoms with Gasteiger partial charge in [-0.05, 0) is 55.6 Å². The van der Waals surface area contributed by atoms with E-state index < -0.39 is 0 Å². The van der Waals surface area contributed by atoms with Gasteiger partial charge in [-0.3, -0.25) is 0 Å². The molecular formula is C20H35NO3. The fourth-order valence-corrected chi connectivity index (χ4v) is 2.61. The van der Waals surface area contributed by atoms with Crippen LogP contribution in [0.3, 0.4) is 0 Å². The molecule has 0 bridgehead atoms. The highest BCUT2D eigenvalue weighted by Crippen LogP contribution is 2.41. The molecule has 4 heteroatoms. The fourth-order valence-electron chi connectivity index (χ4n) is 2.61. The van der Waals surface area contributed by atoms with Gasteiger partial charge in [0.25, 0.3) is 0 Å². The molecule has 1 aromatic rings. The Labute approximate surface area is 148 Å². The smallest absolute Gasteiger partial charge is 0.203 e. The van der Waals surface area contributed by atoms with Gasteiger partial charge < -0.3 is 19.1 Å². The summed E-state index contributed by atoms with van der Waals surface area (Å²) in [6, 6.07) is 4.10.